The molecule has 1 aliphatic heterocycles. The minimum atomic E-state index is 0.120. The molecule has 2 aromatic carbocycles. The number of benzene rings is 2. The molecular weight excluding hydrogens is 318 g/mol. The predicted molar refractivity (Wildman–Crippen MR) is 109 cm³/mol. The van der Waals surface area contributed by atoms with Gasteiger partial charge in [0.25, 0.3) is 0 Å². The Kier molecular flexibility index (Phi) is 6.40. The lowest BCUT2D eigenvalue weighted by atomic mass is 9.88. The molecule has 136 valence electrons. The minimum Gasteiger partial charge on any atom is -0.303 e. The van der Waals surface area contributed by atoms with Crippen molar-refractivity contribution in [2.75, 3.05) is 19.6 Å². The number of unbranched alkanes of at least 4 members (excludes halogenated alkanes) is 1. The molecule has 2 aromatic rings. The largest absolute Gasteiger partial charge is 0.303 e. The van der Waals surface area contributed by atoms with Crippen LogP contribution in [0.3, 0.4) is 0 Å². The first-order valence-electron chi connectivity index (χ1n) is 9.80. The highest BCUT2D eigenvalue weighted by atomic mass is 16.1. The van der Waals surface area contributed by atoms with E-state index >= 15 is 0 Å². The van der Waals surface area contributed by atoms with Crippen LogP contribution in [0.2, 0.25) is 0 Å². The molecule has 2 nitrogen and oxygen atoms in total. The van der Waals surface area contributed by atoms with E-state index in [1.54, 1.807) is 12.5 Å². The van der Waals surface area contributed by atoms with E-state index in [0.29, 0.717) is 0 Å². The molecule has 0 radical (unpaired) electrons. The Bertz CT molecular complexity index is 749. The fourth-order valence-electron chi connectivity index (χ4n) is 3.73. The number of piperidine rings is 1. The second-order valence-electron chi connectivity index (χ2n) is 7.17. The third-order valence-corrected chi connectivity index (χ3v) is 5.28. The average molecular weight is 348 g/mol. The highest BCUT2D eigenvalue weighted by Gasteiger charge is 2.18. The Balaban J connectivity index is 1.91. The van der Waals surface area contributed by atoms with Gasteiger partial charge in [0.1, 0.15) is 0 Å². The van der Waals surface area contributed by atoms with Gasteiger partial charge in [0.2, 0.25) is 0 Å². The van der Waals surface area contributed by atoms with Gasteiger partial charge in [0, 0.05) is 18.7 Å². The summed E-state index contributed by atoms with van der Waals surface area (Å²) in [6.45, 7) is 7.40. The number of hydrogen-bond acceptors (Lipinski definition) is 2. The van der Waals surface area contributed by atoms with Gasteiger partial charge in [-0.3, -0.25) is 4.79 Å². The Hall–Kier alpha value is -2.19. The van der Waals surface area contributed by atoms with E-state index in [0.717, 1.165) is 31.5 Å². The lowest BCUT2D eigenvalue weighted by Gasteiger charge is -2.30. The van der Waals surface area contributed by atoms with Gasteiger partial charge < -0.3 is 4.90 Å². The first-order chi connectivity index (χ1) is 12.7. The smallest absolute Gasteiger partial charge is 0.159 e. The number of nitrogens with zero attached hydrogens (tertiary/aromatic N) is 1. The molecular formula is C24H29NO. The second kappa shape index (κ2) is 8.95. The maximum atomic E-state index is 11.6. The number of carbonyl (C=O) groups is 1. The van der Waals surface area contributed by atoms with Crippen molar-refractivity contribution in [3.8, 4) is 0 Å². The summed E-state index contributed by atoms with van der Waals surface area (Å²) in [6.07, 6.45) is 4.80. The van der Waals surface area contributed by atoms with Crippen LogP contribution in [0, 0.1) is 0 Å². The van der Waals surface area contributed by atoms with Gasteiger partial charge >= 0.3 is 0 Å². The molecule has 26 heavy (non-hydrogen) atoms. The van der Waals surface area contributed by atoms with E-state index < -0.39 is 0 Å². The van der Waals surface area contributed by atoms with E-state index in [2.05, 4.69) is 54.3 Å². The topological polar surface area (TPSA) is 20.3 Å². The molecule has 3 rings (SSSR count). The first-order valence-corrected chi connectivity index (χ1v) is 9.80. The standard InChI is InChI=1S/C24H29NO/c1-3-4-16-25-17-14-23(15-18-25)24(21-8-6-5-7-9-21)22-12-10-20(11-13-22)19(2)26/h5-13H,3-4,14-18H2,1-2H3. The van der Waals surface area contributed by atoms with Crippen molar-refractivity contribution in [1.29, 1.82) is 0 Å². The van der Waals surface area contributed by atoms with Crippen LogP contribution in [0.15, 0.2) is 60.2 Å². The Morgan fingerprint density at radius 3 is 2.04 bits per heavy atom. The zero-order valence-electron chi connectivity index (χ0n) is 16.0. The van der Waals surface area contributed by atoms with Gasteiger partial charge in [0.15, 0.2) is 5.78 Å². The van der Waals surface area contributed by atoms with E-state index in [4.69, 9.17) is 0 Å². The van der Waals surface area contributed by atoms with Gasteiger partial charge in [-0.2, -0.15) is 0 Å². The molecule has 1 fully saturated rings. The van der Waals surface area contributed by atoms with Crippen molar-refractivity contribution in [3.63, 3.8) is 0 Å². The molecule has 0 aliphatic carbocycles. The molecule has 2 heteroatoms. The third-order valence-electron chi connectivity index (χ3n) is 5.28. The van der Waals surface area contributed by atoms with Crippen LogP contribution in [0.4, 0.5) is 0 Å². The summed E-state index contributed by atoms with van der Waals surface area (Å²) in [5.41, 5.74) is 6.18. The van der Waals surface area contributed by atoms with Crippen LogP contribution in [0.25, 0.3) is 5.57 Å². The summed E-state index contributed by atoms with van der Waals surface area (Å²) >= 11 is 0. The summed E-state index contributed by atoms with van der Waals surface area (Å²) in [4.78, 5) is 14.2. The fraction of sp³-hybridized carbons (Fsp3) is 0.375. The molecule has 1 saturated heterocycles. The number of ketones is 1. The number of carbonyl (C=O) groups excluding carboxylic acids is 1. The second-order valence-corrected chi connectivity index (χ2v) is 7.17. The maximum Gasteiger partial charge on any atom is 0.159 e. The molecule has 0 spiro atoms. The van der Waals surface area contributed by atoms with Crippen LogP contribution in [0.5, 0.6) is 0 Å². The first kappa shape index (κ1) is 18.6. The predicted octanol–water partition coefficient (Wildman–Crippen LogP) is 5.59. The van der Waals surface area contributed by atoms with Crippen molar-refractivity contribution in [1.82, 2.24) is 4.90 Å². The average Bonchev–Trinajstić information content (AvgIpc) is 2.69. The molecule has 0 bridgehead atoms. The van der Waals surface area contributed by atoms with Gasteiger partial charge in [-0.25, -0.2) is 0 Å². The van der Waals surface area contributed by atoms with Gasteiger partial charge in [-0.15, -0.1) is 0 Å². The quantitative estimate of drug-likeness (QED) is 0.635. The normalized spacial score (nSPS) is 15.1. The molecule has 0 amide bonds. The van der Waals surface area contributed by atoms with Crippen LogP contribution in [0.1, 0.15) is 61.0 Å². The highest BCUT2D eigenvalue weighted by Crippen LogP contribution is 2.32. The minimum absolute atomic E-state index is 0.120. The maximum absolute atomic E-state index is 11.6. The summed E-state index contributed by atoms with van der Waals surface area (Å²) < 4.78 is 0. The Labute approximate surface area is 157 Å². The van der Waals surface area contributed by atoms with Crippen molar-refractivity contribution >= 4 is 11.4 Å². The highest BCUT2D eigenvalue weighted by molar-refractivity contribution is 5.94. The summed E-state index contributed by atoms with van der Waals surface area (Å²) in [7, 11) is 0. The Morgan fingerprint density at radius 1 is 0.885 bits per heavy atom. The molecule has 1 aliphatic rings. The van der Waals surface area contributed by atoms with Crippen molar-refractivity contribution in [3.05, 3.63) is 76.9 Å². The van der Waals surface area contributed by atoms with E-state index in [1.165, 1.54) is 36.1 Å². The summed E-state index contributed by atoms with van der Waals surface area (Å²) in [5, 5.41) is 0. The van der Waals surface area contributed by atoms with Crippen molar-refractivity contribution < 1.29 is 4.79 Å². The molecule has 0 N–H and O–H groups in total. The van der Waals surface area contributed by atoms with Crippen LogP contribution >= 0.6 is 0 Å². The van der Waals surface area contributed by atoms with Gasteiger partial charge in [0.05, 0.1) is 0 Å². The molecule has 0 atom stereocenters. The molecule has 0 saturated carbocycles. The fourth-order valence-corrected chi connectivity index (χ4v) is 3.73. The van der Waals surface area contributed by atoms with E-state index in [1.807, 2.05) is 12.1 Å². The Morgan fingerprint density at radius 2 is 1.46 bits per heavy atom. The molecule has 0 aromatic heterocycles. The SMILES string of the molecule is CCCCN1CCC(=C(c2ccccc2)c2ccc(C(C)=O)cc2)CC1. The van der Waals surface area contributed by atoms with E-state index in [-0.39, 0.29) is 5.78 Å². The van der Waals surface area contributed by atoms with Crippen LogP contribution in [-0.4, -0.2) is 30.3 Å². The number of Topliss-reactive ketones (excluding diaryl/α,β-unsaturated/α-hetero) is 1. The van der Waals surface area contributed by atoms with Crippen molar-refractivity contribution in [2.24, 2.45) is 0 Å². The zero-order chi connectivity index (χ0) is 18.4. The lowest BCUT2D eigenvalue weighted by Crippen LogP contribution is -2.31. The number of likely N-dealkylation sites (tertiary alicyclic amines) is 1. The molecule has 0 unspecified atom stereocenters. The third kappa shape index (κ3) is 4.50. The van der Waals surface area contributed by atoms with E-state index in [9.17, 15) is 4.79 Å². The monoisotopic (exact) mass is 347 g/mol. The zero-order valence-corrected chi connectivity index (χ0v) is 16.0. The van der Waals surface area contributed by atoms with Gasteiger partial charge in [-0.1, -0.05) is 73.5 Å². The summed E-state index contributed by atoms with van der Waals surface area (Å²) in [5.74, 6) is 0.120. The summed E-state index contributed by atoms with van der Waals surface area (Å²) in [6, 6.07) is 18.8. The number of hydrogen-bond donors (Lipinski definition) is 0. The van der Waals surface area contributed by atoms with Crippen molar-refractivity contribution in [2.45, 2.75) is 39.5 Å². The number of rotatable bonds is 6. The molecule has 1 heterocycles. The lowest BCUT2D eigenvalue weighted by molar-refractivity contribution is 0.101. The van der Waals surface area contributed by atoms with Crippen LogP contribution < -0.4 is 0 Å². The van der Waals surface area contributed by atoms with Crippen LogP contribution in [-0.2, 0) is 0 Å². The van der Waals surface area contributed by atoms with Gasteiger partial charge in [-0.05, 0) is 49.4 Å².